The third-order valence-electron chi connectivity index (χ3n) is 4.41. The number of H-pyrrole nitrogens is 1. The summed E-state index contributed by atoms with van der Waals surface area (Å²) in [6, 6.07) is 4.82. The summed E-state index contributed by atoms with van der Waals surface area (Å²) < 4.78 is 5.25. The average molecular weight is 387 g/mol. The van der Waals surface area contributed by atoms with Gasteiger partial charge < -0.3 is 14.8 Å². The monoisotopic (exact) mass is 386 g/mol. The second kappa shape index (κ2) is 6.64. The van der Waals surface area contributed by atoms with E-state index >= 15 is 0 Å². The van der Waals surface area contributed by atoms with Gasteiger partial charge in [-0.15, -0.1) is 0 Å². The first-order valence-electron chi connectivity index (χ1n) is 8.25. The molecule has 0 unspecified atom stereocenters. The number of ether oxygens (including phenoxy) is 1. The Labute approximate surface area is 158 Å². The number of pyridine rings is 1. The molecule has 4 rings (SSSR count). The highest BCUT2D eigenvalue weighted by molar-refractivity contribution is 6.33. The molecule has 1 aliphatic heterocycles. The summed E-state index contributed by atoms with van der Waals surface area (Å²) in [4.78, 5) is 37.9. The largest absolute Gasteiger partial charge is 0.480 e. The van der Waals surface area contributed by atoms with Gasteiger partial charge in [-0.05, 0) is 24.6 Å². The van der Waals surface area contributed by atoms with Crippen LogP contribution in [-0.4, -0.2) is 57.0 Å². The summed E-state index contributed by atoms with van der Waals surface area (Å²) in [6.45, 7) is 0.0881. The van der Waals surface area contributed by atoms with Crippen molar-refractivity contribution in [2.75, 3.05) is 20.3 Å². The molecule has 0 fully saturated rings. The number of aliphatic hydroxyl groups excluding tert-OH is 1. The predicted octanol–water partition coefficient (Wildman–Crippen LogP) is 2.27. The minimum atomic E-state index is -0.383. The maximum atomic E-state index is 12.5. The number of halogens is 1. The van der Waals surface area contributed by atoms with E-state index in [4.69, 9.17) is 21.4 Å². The van der Waals surface area contributed by atoms with E-state index in [2.05, 4.69) is 15.0 Å². The number of nitrogens with zero attached hydrogens (tertiary/aromatic N) is 3. The van der Waals surface area contributed by atoms with Crippen LogP contribution in [0.2, 0.25) is 5.02 Å². The lowest BCUT2D eigenvalue weighted by Gasteiger charge is -2.11. The summed E-state index contributed by atoms with van der Waals surface area (Å²) in [7, 11) is 1.48. The Morgan fingerprint density at radius 3 is 2.70 bits per heavy atom. The van der Waals surface area contributed by atoms with Crippen LogP contribution in [0.5, 0.6) is 5.88 Å². The number of imidazole rings is 1. The molecule has 1 aromatic carbocycles. The molecule has 0 saturated heterocycles. The van der Waals surface area contributed by atoms with Crippen molar-refractivity contribution in [3.05, 3.63) is 40.5 Å². The van der Waals surface area contributed by atoms with E-state index in [1.165, 1.54) is 13.3 Å². The molecule has 3 aromatic rings. The summed E-state index contributed by atoms with van der Waals surface area (Å²) in [5.74, 6) is -0.0116. The molecular formula is C18H15ClN4O4. The summed E-state index contributed by atoms with van der Waals surface area (Å²) in [5.41, 5.74) is 2.23. The molecule has 138 valence electrons. The van der Waals surface area contributed by atoms with Crippen LogP contribution in [0.4, 0.5) is 0 Å². The van der Waals surface area contributed by atoms with Gasteiger partial charge in [0.1, 0.15) is 5.82 Å². The van der Waals surface area contributed by atoms with Gasteiger partial charge >= 0.3 is 0 Å². The first-order chi connectivity index (χ1) is 13.0. The van der Waals surface area contributed by atoms with Crippen LogP contribution in [0.1, 0.15) is 27.1 Å². The zero-order valence-electron chi connectivity index (χ0n) is 14.3. The molecule has 2 aromatic heterocycles. The molecule has 0 radical (unpaired) electrons. The van der Waals surface area contributed by atoms with Crippen LogP contribution in [0.15, 0.2) is 24.4 Å². The van der Waals surface area contributed by atoms with Gasteiger partial charge in [0, 0.05) is 19.3 Å². The van der Waals surface area contributed by atoms with Gasteiger partial charge in [0.25, 0.3) is 11.8 Å². The van der Waals surface area contributed by atoms with E-state index in [1.54, 1.807) is 18.2 Å². The Balaban J connectivity index is 1.80. The number of aliphatic hydroxyl groups is 1. The molecule has 0 atom stereocenters. The fourth-order valence-electron chi connectivity index (χ4n) is 3.13. The number of carbonyl (C=O) groups excluding carboxylic acids is 2. The Hall–Kier alpha value is -2.97. The number of carbonyl (C=O) groups is 2. The molecule has 0 saturated carbocycles. The highest BCUT2D eigenvalue weighted by atomic mass is 35.5. The fourth-order valence-corrected chi connectivity index (χ4v) is 3.36. The number of benzene rings is 1. The van der Waals surface area contributed by atoms with Crippen molar-refractivity contribution >= 4 is 34.4 Å². The highest BCUT2D eigenvalue weighted by Gasteiger charge is 2.36. The Morgan fingerprint density at radius 1 is 1.26 bits per heavy atom. The highest BCUT2D eigenvalue weighted by Crippen LogP contribution is 2.35. The van der Waals surface area contributed by atoms with Gasteiger partial charge in [-0.1, -0.05) is 11.6 Å². The smallest absolute Gasteiger partial charge is 0.261 e. The Kier molecular flexibility index (Phi) is 4.29. The zero-order valence-corrected chi connectivity index (χ0v) is 15.1. The number of methoxy groups -OCH3 is 1. The molecule has 0 bridgehead atoms. The average Bonchev–Trinajstić information content (AvgIpc) is 3.17. The maximum Gasteiger partial charge on any atom is 0.261 e. The molecule has 3 heterocycles. The van der Waals surface area contributed by atoms with Gasteiger partial charge in [-0.25, -0.2) is 9.97 Å². The lowest BCUT2D eigenvalue weighted by atomic mass is 10.1. The normalized spacial score (nSPS) is 13.5. The van der Waals surface area contributed by atoms with Crippen molar-refractivity contribution in [3.63, 3.8) is 0 Å². The Bertz CT molecular complexity index is 1030. The van der Waals surface area contributed by atoms with Crippen molar-refractivity contribution in [3.8, 4) is 17.3 Å². The van der Waals surface area contributed by atoms with Crippen LogP contribution in [0.25, 0.3) is 22.4 Å². The molecule has 0 spiro atoms. The number of hydrogen-bond acceptors (Lipinski definition) is 6. The van der Waals surface area contributed by atoms with Gasteiger partial charge in [0.05, 0.1) is 39.9 Å². The maximum absolute atomic E-state index is 12.5. The third-order valence-corrected chi connectivity index (χ3v) is 4.72. The second-order valence-corrected chi connectivity index (χ2v) is 6.42. The number of fused-ring (bicyclic) bond motifs is 2. The quantitative estimate of drug-likeness (QED) is 0.651. The summed E-state index contributed by atoms with van der Waals surface area (Å²) in [6.07, 6.45) is 1.87. The molecule has 8 nitrogen and oxygen atoms in total. The summed E-state index contributed by atoms with van der Waals surface area (Å²) in [5, 5.41) is 9.36. The molecule has 27 heavy (non-hydrogen) atoms. The van der Waals surface area contributed by atoms with Crippen molar-refractivity contribution in [2.24, 2.45) is 0 Å². The Morgan fingerprint density at radius 2 is 2.00 bits per heavy atom. The minimum Gasteiger partial charge on any atom is -0.480 e. The zero-order chi connectivity index (χ0) is 19.1. The number of hydrogen-bond donors (Lipinski definition) is 2. The lowest BCUT2D eigenvalue weighted by Crippen LogP contribution is -2.31. The van der Waals surface area contributed by atoms with Crippen LogP contribution in [0.3, 0.4) is 0 Å². The number of nitrogens with one attached hydrogen (secondary N) is 1. The molecule has 2 N–H and O–H groups in total. The SMILES string of the molecule is COc1nccc(Cl)c1-c1nc2cc3c(cc2[nH]1)C(=O)N(CCCO)C3=O. The van der Waals surface area contributed by atoms with Gasteiger partial charge in [0.15, 0.2) is 0 Å². The van der Waals surface area contributed by atoms with Crippen LogP contribution in [-0.2, 0) is 0 Å². The first-order valence-corrected chi connectivity index (χ1v) is 8.62. The van der Waals surface area contributed by atoms with E-state index < -0.39 is 0 Å². The van der Waals surface area contributed by atoms with Gasteiger partial charge in [-0.2, -0.15) is 0 Å². The fraction of sp³-hybridized carbons (Fsp3) is 0.222. The number of imide groups is 1. The number of aromatic nitrogens is 3. The third kappa shape index (κ3) is 2.73. The van der Waals surface area contributed by atoms with Crippen molar-refractivity contribution in [2.45, 2.75) is 6.42 Å². The van der Waals surface area contributed by atoms with E-state index in [-0.39, 0.29) is 25.0 Å². The summed E-state index contributed by atoms with van der Waals surface area (Å²) >= 11 is 6.27. The van der Waals surface area contributed by atoms with Crippen LogP contribution < -0.4 is 4.74 Å². The minimum absolute atomic E-state index is 0.0905. The number of amides is 2. The first kappa shape index (κ1) is 17.4. The molecule has 1 aliphatic rings. The molecular weight excluding hydrogens is 372 g/mol. The van der Waals surface area contributed by atoms with E-state index in [0.29, 0.717) is 50.9 Å². The number of rotatable bonds is 5. The van der Waals surface area contributed by atoms with E-state index in [1.807, 2.05) is 0 Å². The number of aromatic amines is 1. The van der Waals surface area contributed by atoms with Gasteiger partial charge in [-0.3, -0.25) is 14.5 Å². The molecule has 0 aliphatic carbocycles. The topological polar surface area (TPSA) is 108 Å². The predicted molar refractivity (Wildman–Crippen MR) is 98.0 cm³/mol. The second-order valence-electron chi connectivity index (χ2n) is 6.02. The molecule has 9 heteroatoms. The molecule has 2 amide bonds. The van der Waals surface area contributed by atoms with Gasteiger partial charge in [0.2, 0.25) is 5.88 Å². The standard InChI is InChI=1S/C18H15ClN4O4/c1-27-16-14(11(19)3-4-20-16)15-21-12-7-9-10(8-13(12)22-15)18(26)23(17(9)25)5-2-6-24/h3-4,7-8,24H,2,5-6H2,1H3,(H,21,22). The van der Waals surface area contributed by atoms with Crippen molar-refractivity contribution in [1.82, 2.24) is 19.9 Å². The van der Waals surface area contributed by atoms with Crippen molar-refractivity contribution < 1.29 is 19.4 Å². The van der Waals surface area contributed by atoms with E-state index in [9.17, 15) is 9.59 Å². The van der Waals surface area contributed by atoms with Crippen LogP contribution >= 0.6 is 11.6 Å². The lowest BCUT2D eigenvalue weighted by molar-refractivity contribution is 0.0645. The van der Waals surface area contributed by atoms with E-state index in [0.717, 1.165) is 4.90 Å². The van der Waals surface area contributed by atoms with Crippen LogP contribution in [0, 0.1) is 0 Å². The van der Waals surface area contributed by atoms with Crippen molar-refractivity contribution in [1.29, 1.82) is 0 Å².